The van der Waals surface area contributed by atoms with E-state index in [2.05, 4.69) is 23.1 Å². The summed E-state index contributed by atoms with van der Waals surface area (Å²) in [7, 11) is 0. The fourth-order valence-electron chi connectivity index (χ4n) is 3.31. The quantitative estimate of drug-likeness (QED) is 0.734. The van der Waals surface area contributed by atoms with E-state index in [1.807, 2.05) is 12.1 Å². The lowest BCUT2D eigenvalue weighted by Gasteiger charge is -2.53. The Balaban J connectivity index is 1.66. The normalized spacial score (nSPS) is 21.9. The van der Waals surface area contributed by atoms with Crippen molar-refractivity contribution in [3.8, 4) is 6.07 Å². The Kier molecular flexibility index (Phi) is 2.55. The Morgan fingerprint density at radius 1 is 1.00 bits per heavy atom. The maximum atomic E-state index is 8.77. The molecule has 0 amide bonds. The van der Waals surface area contributed by atoms with E-state index in [1.54, 1.807) is 0 Å². The minimum Gasteiger partial charge on any atom is -0.370 e. The van der Waals surface area contributed by atoms with Gasteiger partial charge in [-0.05, 0) is 37.1 Å². The third kappa shape index (κ3) is 1.91. The Morgan fingerprint density at radius 3 is 2.24 bits per heavy atom. The molecule has 1 heterocycles. The van der Waals surface area contributed by atoms with Gasteiger partial charge in [0.15, 0.2) is 0 Å². The molecule has 17 heavy (non-hydrogen) atoms. The smallest absolute Gasteiger partial charge is 0.0991 e. The van der Waals surface area contributed by atoms with Crippen LogP contribution in [0.15, 0.2) is 24.3 Å². The van der Waals surface area contributed by atoms with Crippen LogP contribution in [0.25, 0.3) is 0 Å². The monoisotopic (exact) mass is 226 g/mol. The summed E-state index contributed by atoms with van der Waals surface area (Å²) in [5, 5.41) is 8.77. The zero-order valence-electron chi connectivity index (χ0n) is 10.2. The standard InChI is InChI=1S/C15H18N2/c16-10-13-4-6-14(7-5-13)17-11-15(12-17)8-2-1-3-9-15/h4-7H,1-3,8-9,11-12H2. The number of hydrogen-bond acceptors (Lipinski definition) is 2. The highest BCUT2D eigenvalue weighted by Gasteiger charge is 2.43. The summed E-state index contributed by atoms with van der Waals surface area (Å²) in [6, 6.07) is 10.2. The molecule has 1 spiro atoms. The van der Waals surface area contributed by atoms with Gasteiger partial charge in [0.25, 0.3) is 0 Å². The van der Waals surface area contributed by atoms with E-state index in [0.29, 0.717) is 5.41 Å². The van der Waals surface area contributed by atoms with Crippen molar-refractivity contribution in [3.05, 3.63) is 29.8 Å². The molecule has 1 aliphatic carbocycles. The topological polar surface area (TPSA) is 27.0 Å². The average molecular weight is 226 g/mol. The first kappa shape index (κ1) is 10.7. The van der Waals surface area contributed by atoms with E-state index in [1.165, 1.54) is 50.9 Å². The molecule has 1 aromatic rings. The van der Waals surface area contributed by atoms with Crippen LogP contribution in [-0.2, 0) is 0 Å². The molecule has 1 aromatic carbocycles. The van der Waals surface area contributed by atoms with Crippen molar-refractivity contribution in [1.82, 2.24) is 0 Å². The highest BCUT2D eigenvalue weighted by molar-refractivity contribution is 5.52. The van der Waals surface area contributed by atoms with Gasteiger partial charge in [0.1, 0.15) is 0 Å². The van der Waals surface area contributed by atoms with Gasteiger partial charge in [-0.15, -0.1) is 0 Å². The highest BCUT2D eigenvalue weighted by Crippen LogP contribution is 2.45. The Morgan fingerprint density at radius 2 is 1.65 bits per heavy atom. The number of rotatable bonds is 1. The second kappa shape index (κ2) is 4.07. The van der Waals surface area contributed by atoms with E-state index in [9.17, 15) is 0 Å². The summed E-state index contributed by atoms with van der Waals surface area (Å²) in [5.41, 5.74) is 2.66. The van der Waals surface area contributed by atoms with Gasteiger partial charge in [-0.2, -0.15) is 5.26 Å². The summed E-state index contributed by atoms with van der Waals surface area (Å²) in [5.74, 6) is 0. The third-order valence-corrected chi connectivity index (χ3v) is 4.33. The van der Waals surface area contributed by atoms with E-state index >= 15 is 0 Å². The number of nitrogens with zero attached hydrogens (tertiary/aromatic N) is 2. The molecule has 2 aliphatic rings. The number of nitriles is 1. The molecule has 1 saturated carbocycles. The Hall–Kier alpha value is -1.49. The van der Waals surface area contributed by atoms with Crippen LogP contribution in [-0.4, -0.2) is 13.1 Å². The molecule has 1 aliphatic heterocycles. The van der Waals surface area contributed by atoms with Crippen LogP contribution in [0, 0.1) is 16.7 Å². The lowest BCUT2D eigenvalue weighted by molar-refractivity contribution is 0.139. The molecule has 2 fully saturated rings. The highest BCUT2D eigenvalue weighted by atomic mass is 15.2. The van der Waals surface area contributed by atoms with E-state index in [0.717, 1.165) is 5.56 Å². The van der Waals surface area contributed by atoms with Crippen molar-refractivity contribution < 1.29 is 0 Å². The largest absolute Gasteiger partial charge is 0.370 e. The lowest BCUT2D eigenvalue weighted by atomic mass is 9.68. The van der Waals surface area contributed by atoms with Gasteiger partial charge in [-0.1, -0.05) is 19.3 Å². The zero-order valence-corrected chi connectivity index (χ0v) is 10.2. The molecule has 0 bridgehead atoms. The van der Waals surface area contributed by atoms with Gasteiger partial charge in [-0.25, -0.2) is 0 Å². The molecule has 2 heteroatoms. The average Bonchev–Trinajstić information content (AvgIpc) is 2.37. The predicted octanol–water partition coefficient (Wildman–Crippen LogP) is 3.33. The molecule has 0 N–H and O–H groups in total. The zero-order chi connectivity index (χ0) is 11.7. The van der Waals surface area contributed by atoms with Crippen molar-refractivity contribution in [3.63, 3.8) is 0 Å². The molecule has 0 unspecified atom stereocenters. The fourth-order valence-corrected chi connectivity index (χ4v) is 3.31. The molecule has 3 rings (SSSR count). The molecular weight excluding hydrogens is 208 g/mol. The summed E-state index contributed by atoms with van der Waals surface area (Å²) < 4.78 is 0. The first-order valence-electron chi connectivity index (χ1n) is 6.57. The molecule has 1 saturated heterocycles. The van der Waals surface area contributed by atoms with Crippen molar-refractivity contribution >= 4 is 5.69 Å². The van der Waals surface area contributed by atoms with E-state index in [4.69, 9.17) is 5.26 Å². The number of anilines is 1. The van der Waals surface area contributed by atoms with Crippen LogP contribution in [0.4, 0.5) is 5.69 Å². The summed E-state index contributed by atoms with van der Waals surface area (Å²) in [6.07, 6.45) is 7.10. The summed E-state index contributed by atoms with van der Waals surface area (Å²) in [6.45, 7) is 2.44. The van der Waals surface area contributed by atoms with Gasteiger partial charge in [0.2, 0.25) is 0 Å². The molecule has 0 aromatic heterocycles. The van der Waals surface area contributed by atoms with Crippen LogP contribution in [0.5, 0.6) is 0 Å². The van der Waals surface area contributed by atoms with Gasteiger partial charge in [-0.3, -0.25) is 0 Å². The maximum Gasteiger partial charge on any atom is 0.0991 e. The number of benzene rings is 1. The van der Waals surface area contributed by atoms with E-state index < -0.39 is 0 Å². The first-order chi connectivity index (χ1) is 8.31. The Labute approximate surface area is 103 Å². The van der Waals surface area contributed by atoms with E-state index in [-0.39, 0.29) is 0 Å². The summed E-state index contributed by atoms with van der Waals surface area (Å²) in [4.78, 5) is 2.45. The molecule has 0 radical (unpaired) electrons. The molecule has 88 valence electrons. The van der Waals surface area contributed by atoms with Crippen LogP contribution in [0.2, 0.25) is 0 Å². The lowest BCUT2D eigenvalue weighted by Crippen LogP contribution is -2.57. The van der Waals surface area contributed by atoms with Crippen LogP contribution in [0.1, 0.15) is 37.7 Å². The fraction of sp³-hybridized carbons (Fsp3) is 0.533. The van der Waals surface area contributed by atoms with Crippen molar-refractivity contribution in [2.24, 2.45) is 5.41 Å². The van der Waals surface area contributed by atoms with Gasteiger partial charge in [0.05, 0.1) is 11.6 Å². The van der Waals surface area contributed by atoms with Crippen LogP contribution >= 0.6 is 0 Å². The van der Waals surface area contributed by atoms with Gasteiger partial charge in [0, 0.05) is 24.2 Å². The minimum absolute atomic E-state index is 0.631. The van der Waals surface area contributed by atoms with Crippen LogP contribution < -0.4 is 4.90 Å². The molecular formula is C15H18N2. The first-order valence-corrected chi connectivity index (χ1v) is 6.57. The molecule has 2 nitrogen and oxygen atoms in total. The second-order valence-electron chi connectivity index (χ2n) is 5.58. The van der Waals surface area contributed by atoms with Crippen molar-refractivity contribution in [2.75, 3.05) is 18.0 Å². The van der Waals surface area contributed by atoms with Crippen LogP contribution in [0.3, 0.4) is 0 Å². The predicted molar refractivity (Wildman–Crippen MR) is 68.9 cm³/mol. The number of hydrogen-bond donors (Lipinski definition) is 0. The maximum absolute atomic E-state index is 8.77. The molecule has 0 atom stereocenters. The minimum atomic E-state index is 0.631. The van der Waals surface area contributed by atoms with Gasteiger partial charge < -0.3 is 4.90 Å². The Bertz CT molecular complexity index is 427. The van der Waals surface area contributed by atoms with Crippen molar-refractivity contribution in [1.29, 1.82) is 5.26 Å². The summed E-state index contributed by atoms with van der Waals surface area (Å²) >= 11 is 0. The third-order valence-electron chi connectivity index (χ3n) is 4.33. The van der Waals surface area contributed by atoms with Crippen molar-refractivity contribution in [2.45, 2.75) is 32.1 Å². The van der Waals surface area contributed by atoms with Gasteiger partial charge >= 0.3 is 0 Å². The second-order valence-corrected chi connectivity index (χ2v) is 5.58. The SMILES string of the molecule is N#Cc1ccc(N2CC3(CCCCC3)C2)cc1.